The average molecular weight is 366 g/mol. The van der Waals surface area contributed by atoms with E-state index in [0.29, 0.717) is 3.57 Å². The molecule has 6 nitrogen and oxygen atoms in total. The molecule has 0 aliphatic carbocycles. The van der Waals surface area contributed by atoms with Crippen molar-refractivity contribution < 1.29 is 19.1 Å². The average Bonchev–Trinajstić information content (AvgIpc) is 2.55. The second-order valence-electron chi connectivity index (χ2n) is 4.60. The quantitative estimate of drug-likeness (QED) is 0.601. The highest BCUT2D eigenvalue weighted by atomic mass is 127. The van der Waals surface area contributed by atoms with E-state index in [-0.39, 0.29) is 12.2 Å². The molecule has 100 valence electrons. The van der Waals surface area contributed by atoms with Crippen LogP contribution in [0.3, 0.4) is 0 Å². The minimum absolute atomic E-state index is 0.0374. The van der Waals surface area contributed by atoms with E-state index in [1.165, 1.54) is 11.8 Å². The van der Waals surface area contributed by atoms with Gasteiger partial charge in [-0.2, -0.15) is 5.10 Å². The summed E-state index contributed by atoms with van der Waals surface area (Å²) in [5.74, 6) is -0.930. The fourth-order valence-electron chi connectivity index (χ4n) is 1.22. The van der Waals surface area contributed by atoms with E-state index in [1.807, 2.05) is 22.6 Å². The number of nitrogens with zero attached hydrogens (tertiary/aromatic N) is 2. The number of carbonyl (C=O) groups excluding carboxylic acids is 2. The summed E-state index contributed by atoms with van der Waals surface area (Å²) in [6.45, 7) is 5.33. The molecule has 1 rings (SSSR count). The SMILES string of the molecule is COC(=O)c1nn(CC(=O)OC(C)(C)C)cc1I. The van der Waals surface area contributed by atoms with Crippen LogP contribution in [0.4, 0.5) is 0 Å². The van der Waals surface area contributed by atoms with Crippen LogP contribution >= 0.6 is 22.6 Å². The van der Waals surface area contributed by atoms with Gasteiger partial charge in [0.1, 0.15) is 12.1 Å². The summed E-state index contributed by atoms with van der Waals surface area (Å²) in [7, 11) is 1.28. The summed E-state index contributed by atoms with van der Waals surface area (Å²) in [6.07, 6.45) is 1.59. The fraction of sp³-hybridized carbons (Fsp3) is 0.545. The van der Waals surface area contributed by atoms with Gasteiger partial charge in [-0.15, -0.1) is 0 Å². The minimum atomic E-state index is -0.539. The first-order valence-electron chi connectivity index (χ1n) is 5.26. The number of hydrogen-bond acceptors (Lipinski definition) is 5. The highest BCUT2D eigenvalue weighted by Gasteiger charge is 2.19. The first-order chi connectivity index (χ1) is 8.23. The Bertz CT molecular complexity index is 462. The van der Waals surface area contributed by atoms with Crippen molar-refractivity contribution in [2.45, 2.75) is 32.9 Å². The zero-order chi connectivity index (χ0) is 13.9. The first-order valence-corrected chi connectivity index (χ1v) is 6.34. The third-order valence-electron chi connectivity index (χ3n) is 1.81. The molecule has 1 aromatic rings. The van der Waals surface area contributed by atoms with Gasteiger partial charge in [-0.1, -0.05) is 0 Å². The van der Waals surface area contributed by atoms with Crippen molar-refractivity contribution >= 4 is 34.5 Å². The van der Waals surface area contributed by atoms with E-state index in [9.17, 15) is 9.59 Å². The number of ether oxygens (including phenoxy) is 2. The monoisotopic (exact) mass is 366 g/mol. The van der Waals surface area contributed by atoms with Gasteiger partial charge < -0.3 is 9.47 Å². The topological polar surface area (TPSA) is 70.4 Å². The van der Waals surface area contributed by atoms with Gasteiger partial charge >= 0.3 is 11.9 Å². The zero-order valence-electron chi connectivity index (χ0n) is 10.7. The van der Waals surface area contributed by atoms with Gasteiger partial charge in [-0.3, -0.25) is 9.48 Å². The van der Waals surface area contributed by atoms with Crippen molar-refractivity contribution in [1.29, 1.82) is 0 Å². The lowest BCUT2D eigenvalue weighted by molar-refractivity contribution is -0.155. The van der Waals surface area contributed by atoms with E-state index in [0.717, 1.165) is 0 Å². The van der Waals surface area contributed by atoms with Crippen LogP contribution in [-0.2, 0) is 20.8 Å². The Kier molecular flexibility index (Phi) is 4.71. The normalized spacial score (nSPS) is 11.2. The van der Waals surface area contributed by atoms with Gasteiger partial charge in [-0.25, -0.2) is 4.79 Å². The van der Waals surface area contributed by atoms with Crippen molar-refractivity contribution in [3.8, 4) is 0 Å². The van der Waals surface area contributed by atoms with E-state index in [1.54, 1.807) is 27.0 Å². The largest absolute Gasteiger partial charge is 0.464 e. The number of rotatable bonds is 3. The molecule has 0 aromatic carbocycles. The predicted molar refractivity (Wildman–Crippen MR) is 72.1 cm³/mol. The molecule has 0 spiro atoms. The van der Waals surface area contributed by atoms with Crippen molar-refractivity contribution in [2.75, 3.05) is 7.11 Å². The van der Waals surface area contributed by atoms with Crippen LogP contribution in [0.15, 0.2) is 6.20 Å². The second kappa shape index (κ2) is 5.68. The van der Waals surface area contributed by atoms with Crippen molar-refractivity contribution in [3.63, 3.8) is 0 Å². The second-order valence-corrected chi connectivity index (χ2v) is 5.76. The first kappa shape index (κ1) is 14.9. The Morgan fingerprint density at radius 2 is 2.06 bits per heavy atom. The Morgan fingerprint density at radius 3 is 2.56 bits per heavy atom. The van der Waals surface area contributed by atoms with Crippen LogP contribution in [0.2, 0.25) is 0 Å². The van der Waals surface area contributed by atoms with Crippen LogP contribution in [0.1, 0.15) is 31.3 Å². The molecule has 0 fully saturated rings. The lowest BCUT2D eigenvalue weighted by Crippen LogP contribution is -2.26. The van der Waals surface area contributed by atoms with Crippen LogP contribution < -0.4 is 0 Å². The summed E-state index contributed by atoms with van der Waals surface area (Å²) in [4.78, 5) is 22.9. The molecule has 0 unspecified atom stereocenters. The molecule has 0 saturated heterocycles. The third-order valence-corrected chi connectivity index (χ3v) is 2.60. The van der Waals surface area contributed by atoms with Gasteiger partial charge in [0.2, 0.25) is 0 Å². The smallest absolute Gasteiger partial charge is 0.359 e. The fourth-order valence-corrected chi connectivity index (χ4v) is 1.87. The van der Waals surface area contributed by atoms with Gasteiger partial charge in [0.25, 0.3) is 0 Å². The highest BCUT2D eigenvalue weighted by molar-refractivity contribution is 14.1. The van der Waals surface area contributed by atoms with Gasteiger partial charge in [0.15, 0.2) is 5.69 Å². The standard InChI is InChI=1S/C11H15IN2O4/c1-11(2,3)18-8(15)6-14-5-7(12)9(13-14)10(16)17-4/h5H,6H2,1-4H3. The third kappa shape index (κ3) is 4.28. The number of hydrogen-bond donors (Lipinski definition) is 0. The maximum absolute atomic E-state index is 11.6. The molecule has 0 atom stereocenters. The van der Waals surface area contributed by atoms with Crippen molar-refractivity contribution in [2.24, 2.45) is 0 Å². The Hall–Kier alpha value is -1.12. The van der Waals surface area contributed by atoms with Crippen LogP contribution in [0.5, 0.6) is 0 Å². The maximum atomic E-state index is 11.6. The lowest BCUT2D eigenvalue weighted by atomic mass is 10.2. The predicted octanol–water partition coefficient (Wildman–Crippen LogP) is 1.62. The summed E-state index contributed by atoms with van der Waals surface area (Å²) in [5.41, 5.74) is -0.343. The molecule has 0 saturated carbocycles. The molecule has 0 N–H and O–H groups in total. The molecule has 0 aliphatic rings. The summed E-state index contributed by atoms with van der Waals surface area (Å²) in [6, 6.07) is 0. The molecule has 0 amide bonds. The van der Waals surface area contributed by atoms with Crippen molar-refractivity contribution in [3.05, 3.63) is 15.5 Å². The molecule has 0 aliphatic heterocycles. The Morgan fingerprint density at radius 1 is 1.44 bits per heavy atom. The molecule has 7 heteroatoms. The molecule has 0 bridgehead atoms. The van der Waals surface area contributed by atoms with E-state index in [2.05, 4.69) is 9.84 Å². The molecular formula is C11H15IN2O4. The van der Waals surface area contributed by atoms with Crippen LogP contribution in [-0.4, -0.2) is 34.4 Å². The maximum Gasteiger partial charge on any atom is 0.359 e. The van der Waals surface area contributed by atoms with Gasteiger partial charge in [0.05, 0.1) is 10.7 Å². The molecule has 1 aromatic heterocycles. The molecule has 18 heavy (non-hydrogen) atoms. The number of carbonyl (C=O) groups is 2. The van der Waals surface area contributed by atoms with E-state index >= 15 is 0 Å². The highest BCUT2D eigenvalue weighted by Crippen LogP contribution is 2.12. The summed E-state index contributed by atoms with van der Waals surface area (Å²) >= 11 is 1.96. The number of halogens is 1. The van der Waals surface area contributed by atoms with Crippen molar-refractivity contribution in [1.82, 2.24) is 9.78 Å². The summed E-state index contributed by atoms with van der Waals surface area (Å²) < 4.78 is 11.7. The van der Waals surface area contributed by atoms with Gasteiger partial charge in [-0.05, 0) is 43.4 Å². The Labute approximate surface area is 119 Å². The zero-order valence-corrected chi connectivity index (χ0v) is 12.8. The molecule has 1 heterocycles. The summed E-state index contributed by atoms with van der Waals surface area (Å²) in [5, 5.41) is 3.98. The number of esters is 2. The van der Waals surface area contributed by atoms with Crippen LogP contribution in [0, 0.1) is 3.57 Å². The molecular weight excluding hydrogens is 351 g/mol. The Balaban J connectivity index is 2.75. The van der Waals surface area contributed by atoms with E-state index < -0.39 is 17.5 Å². The van der Waals surface area contributed by atoms with Gasteiger partial charge in [0, 0.05) is 6.20 Å². The molecule has 0 radical (unpaired) electrons. The van der Waals surface area contributed by atoms with Crippen LogP contribution in [0.25, 0.3) is 0 Å². The van der Waals surface area contributed by atoms with E-state index in [4.69, 9.17) is 4.74 Å². The lowest BCUT2D eigenvalue weighted by Gasteiger charge is -2.19. The minimum Gasteiger partial charge on any atom is -0.464 e. The number of aromatic nitrogens is 2. The number of methoxy groups -OCH3 is 1.